The van der Waals surface area contributed by atoms with E-state index in [4.69, 9.17) is 0 Å². The van der Waals surface area contributed by atoms with E-state index in [9.17, 15) is 9.90 Å². The lowest BCUT2D eigenvalue weighted by molar-refractivity contribution is 0.477. The zero-order chi connectivity index (χ0) is 11.3. The van der Waals surface area contributed by atoms with Gasteiger partial charge in [-0.25, -0.2) is 0 Å². The highest BCUT2D eigenvalue weighted by atomic mass is 79.9. The number of hydrogen-bond acceptors (Lipinski definition) is 2. The van der Waals surface area contributed by atoms with E-state index in [0.717, 1.165) is 40.3 Å². The fourth-order valence-electron chi connectivity index (χ4n) is 2.38. The average Bonchev–Trinajstić information content (AvgIpc) is 2.27. The summed E-state index contributed by atoms with van der Waals surface area (Å²) < 4.78 is 2.76. The average molecular weight is 280 g/mol. The molecule has 1 aliphatic heterocycles. The molecule has 3 rings (SSSR count). The largest absolute Gasteiger partial charge is 0.507 e. The van der Waals surface area contributed by atoms with E-state index in [0.29, 0.717) is 0 Å². The van der Waals surface area contributed by atoms with Crippen LogP contribution in [0.15, 0.2) is 27.5 Å². The third kappa shape index (κ3) is 1.23. The van der Waals surface area contributed by atoms with Gasteiger partial charge >= 0.3 is 0 Å². The molecular formula is C12H10BrNO2. The number of hydrogen-bond donors (Lipinski definition) is 1. The summed E-state index contributed by atoms with van der Waals surface area (Å²) in [6, 6.07) is 5.07. The number of benzene rings is 1. The van der Waals surface area contributed by atoms with Crippen molar-refractivity contribution >= 4 is 26.8 Å². The summed E-state index contributed by atoms with van der Waals surface area (Å²) in [6.45, 7) is 0.735. The molecule has 2 aromatic rings. The van der Waals surface area contributed by atoms with Gasteiger partial charge in [0.05, 0.1) is 5.52 Å². The monoisotopic (exact) mass is 279 g/mol. The van der Waals surface area contributed by atoms with Gasteiger partial charge in [-0.1, -0.05) is 15.9 Å². The molecule has 0 unspecified atom stereocenters. The maximum absolute atomic E-state index is 11.8. The first-order valence-corrected chi connectivity index (χ1v) is 6.01. The van der Waals surface area contributed by atoms with Crippen LogP contribution in [0.4, 0.5) is 0 Å². The smallest absolute Gasteiger partial charge is 0.254 e. The first-order valence-electron chi connectivity index (χ1n) is 5.22. The van der Waals surface area contributed by atoms with Crippen LogP contribution >= 0.6 is 15.9 Å². The van der Waals surface area contributed by atoms with E-state index in [2.05, 4.69) is 15.9 Å². The third-order valence-electron chi connectivity index (χ3n) is 3.11. The molecule has 1 N–H and O–H groups in total. The van der Waals surface area contributed by atoms with Crippen molar-refractivity contribution in [1.82, 2.24) is 4.57 Å². The van der Waals surface area contributed by atoms with Crippen LogP contribution < -0.4 is 5.56 Å². The van der Waals surface area contributed by atoms with Crippen LogP contribution in [-0.2, 0) is 13.0 Å². The number of rotatable bonds is 0. The molecule has 0 aliphatic carbocycles. The molecule has 4 heteroatoms. The van der Waals surface area contributed by atoms with Crippen molar-refractivity contribution in [2.75, 3.05) is 0 Å². The minimum absolute atomic E-state index is 0.0758. The number of nitrogens with zero attached hydrogens (tertiary/aromatic N) is 1. The van der Waals surface area contributed by atoms with E-state index in [1.807, 2.05) is 12.1 Å². The fraction of sp³-hybridized carbons (Fsp3) is 0.250. The minimum atomic E-state index is -0.121. The first-order chi connectivity index (χ1) is 7.68. The molecule has 82 valence electrons. The van der Waals surface area contributed by atoms with Gasteiger partial charge in [-0.3, -0.25) is 4.79 Å². The fourth-order valence-corrected chi connectivity index (χ4v) is 2.90. The Morgan fingerprint density at radius 1 is 1.38 bits per heavy atom. The number of aromatic hydroxyl groups is 1. The van der Waals surface area contributed by atoms with Gasteiger partial charge in [0, 0.05) is 22.5 Å². The maximum Gasteiger partial charge on any atom is 0.254 e. The highest BCUT2D eigenvalue weighted by Gasteiger charge is 2.17. The van der Waals surface area contributed by atoms with E-state index in [-0.39, 0.29) is 11.3 Å². The van der Waals surface area contributed by atoms with Gasteiger partial charge in [0.2, 0.25) is 0 Å². The lowest BCUT2D eigenvalue weighted by atomic mass is 10.0. The molecule has 0 saturated heterocycles. The molecule has 3 nitrogen and oxygen atoms in total. The van der Waals surface area contributed by atoms with Crippen molar-refractivity contribution in [3.8, 4) is 5.75 Å². The molecule has 0 fully saturated rings. The molecule has 1 aromatic carbocycles. The van der Waals surface area contributed by atoms with Gasteiger partial charge in [-0.15, -0.1) is 0 Å². The van der Waals surface area contributed by atoms with Gasteiger partial charge in [0.15, 0.2) is 0 Å². The Labute approximate surface area is 100 Å². The molecule has 2 heterocycles. The lowest BCUT2D eigenvalue weighted by Crippen LogP contribution is -2.23. The lowest BCUT2D eigenvalue weighted by Gasteiger charge is -2.20. The standard InChI is InChI=1S/C12H10BrNO2/c13-9-4-3-8-10(15)6-11(16)14-5-1-2-7(9)12(8)14/h3-4,6,15H,1-2,5H2. The van der Waals surface area contributed by atoms with Crippen molar-refractivity contribution in [2.24, 2.45) is 0 Å². The van der Waals surface area contributed by atoms with Crippen LogP contribution in [0.2, 0.25) is 0 Å². The Morgan fingerprint density at radius 2 is 2.19 bits per heavy atom. The summed E-state index contributed by atoms with van der Waals surface area (Å²) in [7, 11) is 0. The Hall–Kier alpha value is -1.29. The highest BCUT2D eigenvalue weighted by molar-refractivity contribution is 9.10. The molecule has 0 saturated carbocycles. The molecule has 0 bridgehead atoms. The van der Waals surface area contributed by atoms with Crippen molar-refractivity contribution in [1.29, 1.82) is 0 Å². The van der Waals surface area contributed by atoms with Crippen LogP contribution in [0.3, 0.4) is 0 Å². The van der Waals surface area contributed by atoms with Gasteiger partial charge in [0.1, 0.15) is 5.75 Å². The van der Waals surface area contributed by atoms with Gasteiger partial charge in [0.25, 0.3) is 5.56 Å². The zero-order valence-electron chi connectivity index (χ0n) is 8.53. The summed E-state index contributed by atoms with van der Waals surface area (Å²) in [6.07, 6.45) is 1.91. The predicted molar refractivity (Wildman–Crippen MR) is 65.9 cm³/mol. The van der Waals surface area contributed by atoms with E-state index >= 15 is 0 Å². The quantitative estimate of drug-likeness (QED) is 0.805. The van der Waals surface area contributed by atoms with Gasteiger partial charge < -0.3 is 9.67 Å². The molecule has 1 aromatic heterocycles. The molecule has 0 spiro atoms. The van der Waals surface area contributed by atoms with E-state index < -0.39 is 0 Å². The molecule has 16 heavy (non-hydrogen) atoms. The summed E-state index contributed by atoms with van der Waals surface area (Å²) >= 11 is 3.50. The first kappa shape index (κ1) is 9.90. The summed E-state index contributed by atoms with van der Waals surface area (Å²) in [5.41, 5.74) is 1.88. The Bertz CT molecular complexity index is 645. The Morgan fingerprint density at radius 3 is 3.00 bits per heavy atom. The van der Waals surface area contributed by atoms with Crippen LogP contribution in [0.1, 0.15) is 12.0 Å². The minimum Gasteiger partial charge on any atom is -0.507 e. The molecular weight excluding hydrogens is 270 g/mol. The molecule has 0 radical (unpaired) electrons. The second-order valence-electron chi connectivity index (χ2n) is 4.05. The maximum atomic E-state index is 11.8. The number of pyridine rings is 1. The van der Waals surface area contributed by atoms with Gasteiger partial charge in [-0.05, 0) is 30.5 Å². The summed E-state index contributed by atoms with van der Waals surface area (Å²) in [5, 5.41) is 10.5. The third-order valence-corrected chi connectivity index (χ3v) is 3.85. The second-order valence-corrected chi connectivity index (χ2v) is 4.90. The summed E-state index contributed by atoms with van der Waals surface area (Å²) in [4.78, 5) is 11.8. The Kier molecular flexibility index (Phi) is 2.07. The molecule has 0 atom stereocenters. The number of halogens is 1. The molecule has 0 amide bonds. The van der Waals surface area contributed by atoms with Crippen LogP contribution in [0.25, 0.3) is 10.9 Å². The van der Waals surface area contributed by atoms with E-state index in [1.54, 1.807) is 4.57 Å². The highest BCUT2D eigenvalue weighted by Crippen LogP contribution is 2.33. The molecule has 1 aliphatic rings. The Balaban J connectivity index is 2.60. The topological polar surface area (TPSA) is 42.2 Å². The van der Waals surface area contributed by atoms with Gasteiger partial charge in [-0.2, -0.15) is 0 Å². The van der Waals surface area contributed by atoms with Crippen molar-refractivity contribution in [3.63, 3.8) is 0 Å². The second kappa shape index (κ2) is 3.35. The van der Waals surface area contributed by atoms with Crippen LogP contribution in [0, 0.1) is 0 Å². The van der Waals surface area contributed by atoms with Crippen molar-refractivity contribution in [3.05, 3.63) is 38.6 Å². The summed E-state index contributed by atoms with van der Waals surface area (Å²) in [5.74, 6) is 0.0758. The van der Waals surface area contributed by atoms with Crippen LogP contribution in [0.5, 0.6) is 5.75 Å². The normalized spacial score (nSPS) is 14.3. The van der Waals surface area contributed by atoms with E-state index in [1.165, 1.54) is 6.07 Å². The number of aromatic nitrogens is 1. The number of aryl methyl sites for hydroxylation is 2. The van der Waals surface area contributed by atoms with Crippen molar-refractivity contribution in [2.45, 2.75) is 19.4 Å². The SMILES string of the molecule is O=c1cc(O)c2ccc(Br)c3c2n1CCC3. The van der Waals surface area contributed by atoms with Crippen LogP contribution in [-0.4, -0.2) is 9.67 Å². The van der Waals surface area contributed by atoms with Crippen molar-refractivity contribution < 1.29 is 5.11 Å². The zero-order valence-corrected chi connectivity index (χ0v) is 10.1. The predicted octanol–water partition coefficient (Wildman–Crippen LogP) is 2.42.